The van der Waals surface area contributed by atoms with Crippen LogP contribution in [0.5, 0.6) is 0 Å². The highest BCUT2D eigenvalue weighted by Gasteiger charge is 2.44. The van der Waals surface area contributed by atoms with E-state index in [0.29, 0.717) is 6.16 Å². The van der Waals surface area contributed by atoms with Crippen molar-refractivity contribution in [3.8, 4) is 0 Å². The molecule has 0 unspecified atom stereocenters. The molecule has 1 aliphatic rings. The minimum absolute atomic E-state index is 0.0604. The molecule has 1 aliphatic carbocycles. The third kappa shape index (κ3) is 7.43. The van der Waals surface area contributed by atoms with E-state index in [1.807, 2.05) is 60.7 Å². The lowest BCUT2D eigenvalue weighted by Crippen LogP contribution is -2.49. The molecule has 39 heavy (non-hydrogen) atoms. The molecule has 0 aliphatic heterocycles. The molecule has 2 atom stereocenters. The number of rotatable bonds is 8. The molecule has 2 aromatic rings. The molecule has 0 amide bonds. The molecular weight excluding hydrogens is 532 g/mol. The van der Waals surface area contributed by atoms with Crippen LogP contribution in [0.4, 0.5) is 0 Å². The van der Waals surface area contributed by atoms with Gasteiger partial charge in [0.05, 0.1) is 12.2 Å². The zero-order chi connectivity index (χ0) is 29.3. The molecule has 0 heterocycles. The van der Waals surface area contributed by atoms with Gasteiger partial charge in [-0.3, -0.25) is 0 Å². The first kappa shape index (κ1) is 32.0. The van der Waals surface area contributed by atoms with E-state index in [0.717, 1.165) is 34.6 Å². The standard InChI is InChI=1S/C33H51O3PSi2/c1-26-27(22-23-37(34,29-18-14-12-15-19-29)30-20-16-13-17-21-30)24-28(35-38(8,9)32(2,3)4)25-31(26)36-39(10,11)33(5,6)7/h12-22,28,31H,1,23-25H2,2-11H3/b27-22-/t28-,31+/m1/s1. The lowest BCUT2D eigenvalue weighted by molar-refractivity contribution is 0.0969. The first-order chi connectivity index (χ1) is 17.9. The Labute approximate surface area is 240 Å². The van der Waals surface area contributed by atoms with Crippen molar-refractivity contribution in [2.45, 2.75) is 103 Å². The van der Waals surface area contributed by atoms with Crippen molar-refractivity contribution in [1.82, 2.24) is 0 Å². The maximum absolute atomic E-state index is 14.7. The molecule has 0 saturated heterocycles. The highest BCUT2D eigenvalue weighted by atomic mass is 31.2. The summed E-state index contributed by atoms with van der Waals surface area (Å²) in [5, 5.41) is 1.99. The number of hydrogen-bond donors (Lipinski definition) is 0. The fraction of sp³-hybridized carbons (Fsp3) is 0.515. The van der Waals surface area contributed by atoms with Crippen LogP contribution in [0.2, 0.25) is 36.3 Å². The molecule has 3 rings (SSSR count). The molecule has 0 aromatic heterocycles. The normalized spacial score (nSPS) is 20.9. The molecule has 0 N–H and O–H groups in total. The van der Waals surface area contributed by atoms with Gasteiger partial charge in [0.1, 0.15) is 7.14 Å². The van der Waals surface area contributed by atoms with Gasteiger partial charge in [-0.1, -0.05) is 115 Å². The van der Waals surface area contributed by atoms with Crippen LogP contribution in [-0.2, 0) is 13.4 Å². The Morgan fingerprint density at radius 1 is 0.821 bits per heavy atom. The Bertz CT molecular complexity index is 1160. The van der Waals surface area contributed by atoms with E-state index < -0.39 is 23.8 Å². The van der Waals surface area contributed by atoms with E-state index in [9.17, 15) is 4.57 Å². The third-order valence-electron chi connectivity index (χ3n) is 9.18. The average molecular weight is 583 g/mol. The largest absolute Gasteiger partial charge is 0.413 e. The molecule has 1 saturated carbocycles. The van der Waals surface area contributed by atoms with Crippen molar-refractivity contribution in [2.75, 3.05) is 6.16 Å². The Balaban J connectivity index is 2.01. The van der Waals surface area contributed by atoms with Crippen LogP contribution in [-0.4, -0.2) is 35.0 Å². The number of hydrogen-bond acceptors (Lipinski definition) is 3. The van der Waals surface area contributed by atoms with Crippen molar-refractivity contribution >= 4 is 34.4 Å². The summed E-state index contributed by atoms with van der Waals surface area (Å²) in [6.07, 6.45) is 4.22. The molecule has 0 bridgehead atoms. The second kappa shape index (κ2) is 11.8. The second-order valence-electron chi connectivity index (χ2n) is 14.2. The Morgan fingerprint density at radius 3 is 1.69 bits per heavy atom. The van der Waals surface area contributed by atoms with Crippen molar-refractivity contribution < 1.29 is 13.4 Å². The summed E-state index contributed by atoms with van der Waals surface area (Å²) < 4.78 is 28.7. The topological polar surface area (TPSA) is 35.5 Å². The smallest absolute Gasteiger partial charge is 0.192 e. The SMILES string of the molecule is C=C1/C(=C\CP(=O)(c2ccccc2)c2ccccc2)C[C@@H](O[Si](C)(C)C(C)(C)C)C[C@@H]1O[Si](C)(C)C(C)(C)C. The second-order valence-corrected chi connectivity index (χ2v) is 26.5. The fourth-order valence-electron chi connectivity index (χ4n) is 4.53. The molecule has 214 valence electrons. The highest BCUT2D eigenvalue weighted by molar-refractivity contribution is 7.78. The average Bonchev–Trinajstić information content (AvgIpc) is 2.84. The summed E-state index contributed by atoms with van der Waals surface area (Å²) in [7, 11) is -6.90. The molecule has 0 radical (unpaired) electrons. The van der Waals surface area contributed by atoms with Crippen LogP contribution in [0.3, 0.4) is 0 Å². The molecular formula is C33H51O3PSi2. The summed E-state index contributed by atoms with van der Waals surface area (Å²) >= 11 is 0. The number of allylic oxidation sites excluding steroid dienone is 1. The third-order valence-corrected chi connectivity index (χ3v) is 21.2. The van der Waals surface area contributed by atoms with E-state index in [1.165, 1.54) is 0 Å². The Morgan fingerprint density at radius 2 is 1.26 bits per heavy atom. The maximum Gasteiger partial charge on any atom is 0.192 e. The summed E-state index contributed by atoms with van der Waals surface area (Å²) in [6.45, 7) is 27.5. The van der Waals surface area contributed by atoms with E-state index in [2.05, 4.69) is 80.4 Å². The monoisotopic (exact) mass is 582 g/mol. The van der Waals surface area contributed by atoms with Crippen molar-refractivity contribution in [3.05, 3.63) is 84.5 Å². The quantitative estimate of drug-likeness (QED) is 0.230. The molecule has 0 spiro atoms. The minimum atomic E-state index is -2.87. The summed E-state index contributed by atoms with van der Waals surface area (Å²) in [5.74, 6) is 0. The summed E-state index contributed by atoms with van der Waals surface area (Å²) in [4.78, 5) is 0. The van der Waals surface area contributed by atoms with Gasteiger partial charge < -0.3 is 13.4 Å². The van der Waals surface area contributed by atoms with Gasteiger partial charge in [-0.15, -0.1) is 0 Å². The zero-order valence-corrected chi connectivity index (χ0v) is 28.9. The lowest BCUT2D eigenvalue weighted by atomic mass is 9.86. The minimum Gasteiger partial charge on any atom is -0.413 e. The van der Waals surface area contributed by atoms with E-state index in [4.69, 9.17) is 8.85 Å². The van der Waals surface area contributed by atoms with Gasteiger partial charge in [0.25, 0.3) is 0 Å². The summed E-state index contributed by atoms with van der Waals surface area (Å²) in [6, 6.07) is 19.8. The van der Waals surface area contributed by atoms with Gasteiger partial charge in [0.15, 0.2) is 16.6 Å². The highest BCUT2D eigenvalue weighted by Crippen LogP contribution is 2.47. The predicted octanol–water partition coefficient (Wildman–Crippen LogP) is 9.06. The van der Waals surface area contributed by atoms with Gasteiger partial charge in [-0.2, -0.15) is 0 Å². The predicted molar refractivity (Wildman–Crippen MR) is 175 cm³/mol. The molecule has 6 heteroatoms. The molecule has 3 nitrogen and oxygen atoms in total. The van der Waals surface area contributed by atoms with Crippen LogP contribution in [0, 0.1) is 0 Å². The summed E-state index contributed by atoms with van der Waals surface area (Å²) in [5.41, 5.74) is 2.17. The van der Waals surface area contributed by atoms with Gasteiger partial charge in [0.2, 0.25) is 0 Å². The molecule has 1 fully saturated rings. The molecule has 2 aromatic carbocycles. The van der Waals surface area contributed by atoms with E-state index in [-0.39, 0.29) is 22.3 Å². The lowest BCUT2D eigenvalue weighted by Gasteiger charge is -2.45. The van der Waals surface area contributed by atoms with Crippen molar-refractivity contribution in [3.63, 3.8) is 0 Å². The van der Waals surface area contributed by atoms with Gasteiger partial charge in [-0.25, -0.2) is 0 Å². The van der Waals surface area contributed by atoms with Crippen LogP contribution in [0.25, 0.3) is 0 Å². The van der Waals surface area contributed by atoms with Crippen LogP contribution in [0.1, 0.15) is 54.4 Å². The van der Waals surface area contributed by atoms with E-state index in [1.54, 1.807) is 0 Å². The van der Waals surface area contributed by atoms with E-state index >= 15 is 0 Å². The fourth-order valence-corrected chi connectivity index (χ4v) is 9.71. The van der Waals surface area contributed by atoms with Gasteiger partial charge >= 0.3 is 0 Å². The first-order valence-electron chi connectivity index (χ1n) is 14.3. The Kier molecular flexibility index (Phi) is 9.67. The maximum atomic E-state index is 14.7. The van der Waals surface area contributed by atoms with Gasteiger partial charge in [-0.05, 0) is 53.8 Å². The zero-order valence-electron chi connectivity index (χ0n) is 26.0. The van der Waals surface area contributed by atoms with Crippen LogP contribution < -0.4 is 10.6 Å². The Hall–Kier alpha value is -1.50. The van der Waals surface area contributed by atoms with Crippen LogP contribution >= 0.6 is 7.14 Å². The van der Waals surface area contributed by atoms with Gasteiger partial charge in [0, 0.05) is 23.2 Å². The van der Waals surface area contributed by atoms with Crippen molar-refractivity contribution in [1.29, 1.82) is 0 Å². The number of benzene rings is 2. The van der Waals surface area contributed by atoms with Crippen LogP contribution in [0.15, 0.2) is 84.5 Å². The first-order valence-corrected chi connectivity index (χ1v) is 22.0. The van der Waals surface area contributed by atoms with Crippen molar-refractivity contribution in [2.24, 2.45) is 0 Å².